The van der Waals surface area contributed by atoms with Crippen LogP contribution in [0.5, 0.6) is 34.9 Å². The fourth-order valence-corrected chi connectivity index (χ4v) is 21.7. The molecule has 0 spiro atoms. The summed E-state index contributed by atoms with van der Waals surface area (Å²) in [6.07, 6.45) is 30.3. The van der Waals surface area contributed by atoms with Gasteiger partial charge in [-0.3, -0.25) is 14.7 Å². The van der Waals surface area contributed by atoms with E-state index in [2.05, 4.69) is 82.7 Å². The van der Waals surface area contributed by atoms with Crippen LogP contribution in [-0.2, 0) is 19.6 Å². The first-order valence-corrected chi connectivity index (χ1v) is 43.4. The van der Waals surface area contributed by atoms with Crippen LogP contribution in [0.15, 0.2) is 147 Å². The number of methoxy groups -OCH3 is 3. The minimum Gasteiger partial charge on any atom is -0.492 e. The van der Waals surface area contributed by atoms with Crippen LogP contribution >= 0.6 is 0 Å². The van der Waals surface area contributed by atoms with E-state index in [1.54, 1.807) is 63.1 Å². The summed E-state index contributed by atoms with van der Waals surface area (Å²) < 4.78 is 80.9. The van der Waals surface area contributed by atoms with Crippen molar-refractivity contribution in [2.45, 2.75) is 145 Å². The highest BCUT2D eigenvalue weighted by atomic mass is 19.1. The average Bonchev–Trinajstić information content (AvgIpc) is 0.741. The van der Waals surface area contributed by atoms with E-state index in [-0.39, 0.29) is 40.6 Å². The van der Waals surface area contributed by atoms with Gasteiger partial charge in [-0.25, -0.2) is 63.2 Å². The van der Waals surface area contributed by atoms with Crippen LogP contribution in [0.4, 0.5) is 30.6 Å². The molecule has 12 aromatic rings. The molecule has 8 bridgehead atoms. The Morgan fingerprint density at radius 2 is 0.789 bits per heavy atom. The molecule has 6 unspecified atom stereocenters. The highest BCUT2D eigenvalue weighted by Crippen LogP contribution is 2.73. The van der Waals surface area contributed by atoms with Crippen LogP contribution in [0, 0.1) is 80.7 Å². The summed E-state index contributed by atoms with van der Waals surface area (Å²) in [5.41, 5.74) is 10.7. The Morgan fingerprint density at radius 3 is 1.08 bits per heavy atom. The van der Waals surface area contributed by atoms with E-state index in [1.807, 2.05) is 93.2 Å². The summed E-state index contributed by atoms with van der Waals surface area (Å²) in [5.74, 6) is 4.15. The standard InChI is InChI=1S/C32H31FN8O2.C32H32FN7O3.C31H32FN7O3/c1-32(35-2)9-21(10-32)19-43-26-8-27(30-23(11-34)14-38-41(30)18-26)22-4-5-29(36-13-22)39-16-24-7-25(17-39)40(24)15-20-6-28(33)31(42-3)37-12-20;1-42-30-27(33)4-20(8-36-30)11-39-23-5-24(39)13-38(12-23)28-3-2-21(9-35-28)26-6-25(14-40-29(26)22(7-34)10-37-40)43-19-32-15-31(16-32,17-32)18-41;1-31(40)8-20(9-31)18-42-25-7-26(29-22(10-33)13-36-39(29)17-25)21-3-4-28(34-12-21)37-15-23-6-24(16-37)38(23)14-19-5-27(32)30(41-2)35-11-19/h4-6,8,12-14,18,21,24-25H,7,9-10,15-17,19H2,1,3H3;2-4,6,8-10,14,23-24,41H,5,11-13,15-19H2,1H3;3-5,7,11-13,17,20,23-24,40H,6,8-9,14-16,18H2,1-2H3. The topological polar surface area (TPSA) is 320 Å². The summed E-state index contributed by atoms with van der Waals surface area (Å²) >= 11 is 0. The molecule has 654 valence electrons. The van der Waals surface area contributed by atoms with E-state index >= 15 is 0 Å². The molecule has 14 fully saturated rings. The fourth-order valence-electron chi connectivity index (χ4n) is 21.7. The largest absolute Gasteiger partial charge is 0.492 e. The molecule has 5 saturated carbocycles. The molecule has 0 amide bonds. The molecule has 9 aliphatic heterocycles. The van der Waals surface area contributed by atoms with E-state index < -0.39 is 23.1 Å². The van der Waals surface area contributed by atoms with Crippen LogP contribution in [-0.4, -0.2) is 218 Å². The third-order valence-corrected chi connectivity index (χ3v) is 27.9. The first kappa shape index (κ1) is 83.0. The third kappa shape index (κ3) is 15.8. The molecular formula is C95H95F3N22O8. The van der Waals surface area contributed by atoms with Crippen molar-refractivity contribution in [3.05, 3.63) is 209 Å². The number of nitriles is 3. The van der Waals surface area contributed by atoms with Gasteiger partial charge in [0.1, 0.15) is 52.9 Å². The zero-order valence-electron chi connectivity index (χ0n) is 71.6. The van der Waals surface area contributed by atoms with Crippen molar-refractivity contribution in [3.8, 4) is 86.5 Å². The van der Waals surface area contributed by atoms with Crippen molar-refractivity contribution in [2.24, 2.45) is 22.7 Å². The molecule has 9 saturated heterocycles. The second-order valence-electron chi connectivity index (χ2n) is 37.0. The van der Waals surface area contributed by atoms with E-state index in [1.165, 1.54) is 39.5 Å². The number of piperidine rings is 3. The Kier molecular flexibility index (Phi) is 21.5. The van der Waals surface area contributed by atoms with Crippen molar-refractivity contribution < 1.29 is 51.8 Å². The number of halogens is 3. The molecule has 6 atom stereocenters. The third-order valence-electron chi connectivity index (χ3n) is 27.9. The van der Waals surface area contributed by atoms with Gasteiger partial charge in [-0.05, 0) is 159 Å². The van der Waals surface area contributed by atoms with Gasteiger partial charge in [-0.15, -0.1) is 0 Å². The Balaban J connectivity index is 0.000000121. The number of hydrogen-bond donors (Lipinski definition) is 2. The molecule has 5 aliphatic carbocycles. The first-order valence-electron chi connectivity index (χ1n) is 43.4. The number of anilines is 3. The van der Waals surface area contributed by atoms with Crippen LogP contribution in [0.25, 0.3) is 54.8 Å². The Bertz CT molecular complexity index is 6370. The van der Waals surface area contributed by atoms with E-state index in [4.69, 9.17) is 49.9 Å². The van der Waals surface area contributed by atoms with Crippen LogP contribution in [0.2, 0.25) is 0 Å². The molecular weight excluding hydrogens is 1630 g/mol. The molecule has 0 radical (unpaired) electrons. The summed E-state index contributed by atoms with van der Waals surface area (Å²) in [6, 6.07) is 31.6. The zero-order valence-corrected chi connectivity index (χ0v) is 71.6. The maximum atomic E-state index is 14.2. The molecule has 128 heavy (non-hydrogen) atoms. The number of pyridine rings is 9. The van der Waals surface area contributed by atoms with Gasteiger partial charge in [0.2, 0.25) is 23.2 Å². The number of hydrogen-bond acceptors (Lipinski definition) is 26. The Hall–Kier alpha value is -13.3. The van der Waals surface area contributed by atoms with E-state index in [9.17, 15) is 39.2 Å². The highest BCUT2D eigenvalue weighted by molar-refractivity contribution is 5.87. The lowest BCUT2D eigenvalue weighted by molar-refractivity contribution is -0.235. The van der Waals surface area contributed by atoms with E-state index in [0.29, 0.717) is 133 Å². The van der Waals surface area contributed by atoms with Gasteiger partial charge in [-0.1, -0.05) is 0 Å². The Labute approximate surface area is 736 Å². The summed E-state index contributed by atoms with van der Waals surface area (Å²) in [4.78, 5) is 44.6. The SMILES string of the molecule is COc1ncc(CN2C3CC2CN(c2ccc(-c4cc(OCC56CC(CO)(C5)C6)cn5ncc(C#N)c45)cn2)C3)cc1F.COc1ncc(CN2C3CC2CN(c2ccc(-c4cc(OCC5CC(C)(O)C5)cn5ncc(C#N)c45)cn2)C3)cc1F.[C-]#[N+]C1(C)CC(COc2cc(-c3ccc(N4CC5CC(C4)N5Cc4cnc(OC)c(F)c4)nc3)c3c(C#N)cnn3c2)C1. The van der Waals surface area contributed by atoms with Gasteiger partial charge < -0.3 is 58.2 Å². The highest BCUT2D eigenvalue weighted by Gasteiger charge is 2.67. The van der Waals surface area contributed by atoms with Gasteiger partial charge >= 0.3 is 0 Å². The number of fused-ring (bicyclic) bond motifs is 9. The average molecular weight is 1730 g/mol. The maximum Gasteiger partial charge on any atom is 0.250 e. The molecule has 2 N–H and O–H groups in total. The number of piperazine rings is 3. The number of rotatable bonds is 25. The Morgan fingerprint density at radius 1 is 0.453 bits per heavy atom. The number of aliphatic hydroxyl groups is 2. The zero-order chi connectivity index (χ0) is 88.1. The van der Waals surface area contributed by atoms with Crippen LogP contribution in [0.3, 0.4) is 0 Å². The minimum absolute atomic E-state index is 0.0177. The van der Waals surface area contributed by atoms with Gasteiger partial charge in [0, 0.05) is 203 Å². The van der Waals surface area contributed by atoms with E-state index in [0.717, 1.165) is 177 Å². The first-order chi connectivity index (χ1) is 62.1. The van der Waals surface area contributed by atoms with Gasteiger partial charge in [-0.2, -0.15) is 31.1 Å². The lowest BCUT2D eigenvalue weighted by atomic mass is 9.36. The lowest BCUT2D eigenvalue weighted by Crippen LogP contribution is -2.68. The van der Waals surface area contributed by atoms with Gasteiger partial charge in [0.05, 0.1) is 117 Å². The predicted molar refractivity (Wildman–Crippen MR) is 465 cm³/mol. The van der Waals surface area contributed by atoms with Crippen molar-refractivity contribution in [1.82, 2.24) is 73.4 Å². The molecule has 26 rings (SSSR count). The normalized spacial score (nSPS) is 25.6. The second kappa shape index (κ2) is 33.2. The van der Waals surface area contributed by atoms with Crippen molar-refractivity contribution >= 4 is 34.0 Å². The van der Waals surface area contributed by atoms with Crippen LogP contribution < -0.4 is 43.1 Å². The van der Waals surface area contributed by atoms with Crippen molar-refractivity contribution in [3.63, 3.8) is 0 Å². The summed E-state index contributed by atoms with van der Waals surface area (Å²) in [5, 5.41) is 62.0. The fraction of sp³-hybridized carbons (Fsp3) is 0.421. The van der Waals surface area contributed by atoms with Crippen molar-refractivity contribution in [1.29, 1.82) is 15.8 Å². The smallest absolute Gasteiger partial charge is 0.250 e. The maximum absolute atomic E-state index is 14.2. The lowest BCUT2D eigenvalue weighted by Gasteiger charge is -2.69. The summed E-state index contributed by atoms with van der Waals surface area (Å²) in [7, 11) is 4.25. The number of nitrogens with zero attached hydrogens (tertiary/aromatic N) is 22. The molecule has 12 aromatic heterocycles. The predicted octanol–water partition coefficient (Wildman–Crippen LogP) is 12.4. The van der Waals surface area contributed by atoms with Gasteiger partial charge in [0.25, 0.3) is 0 Å². The monoisotopic (exact) mass is 1730 g/mol. The summed E-state index contributed by atoms with van der Waals surface area (Å²) in [6.45, 7) is 20.2. The number of aromatic nitrogens is 12. The van der Waals surface area contributed by atoms with Gasteiger partial charge in [0.15, 0.2) is 17.5 Å². The molecule has 30 nitrogen and oxygen atoms in total. The molecule has 14 aliphatic rings. The number of ether oxygens (including phenoxy) is 6. The quantitative estimate of drug-likeness (QED) is 0.0502. The molecule has 33 heteroatoms. The van der Waals surface area contributed by atoms with Crippen molar-refractivity contribution in [2.75, 3.05) is 102 Å². The number of aliphatic hydroxyl groups excluding tert-OH is 1. The van der Waals surface area contributed by atoms with Crippen LogP contribution in [0.1, 0.15) is 111 Å². The molecule has 0 aromatic carbocycles. The second-order valence-corrected chi connectivity index (χ2v) is 37.0. The molecule has 21 heterocycles. The minimum atomic E-state index is -0.596.